The Bertz CT molecular complexity index is 2580. The molecule has 0 spiro atoms. The topological polar surface area (TPSA) is 278 Å². The first kappa shape index (κ1) is 39.7. The standard InChI is InChI=1S/C37H39N11O8S/c1-5-22-29(56-18(3)41-22)34(53)45-37-44-25-15-21(32(39)52)17-40-33(25)48(37)12-8-7-11-47-28-24(14-20(31(38)51)16-26(28)55-13-9-10-27(49)50)43-36(47)46-35(54)30-23(6-2)42-19(4)57-30/h7-8,14-17H,5-6,9-13H2,1-4H3,(H2,38,51)(H2,39,52)(H,49,50)(H,43,46,54)(H,44,45,53)/b8-7+. The first-order valence-electron chi connectivity index (χ1n) is 17.8. The summed E-state index contributed by atoms with van der Waals surface area (Å²) in [6.45, 7) is 7.41. The second-order valence-electron chi connectivity index (χ2n) is 12.7. The number of carbonyl (C=O) groups excluding carboxylic acids is 4. The Morgan fingerprint density at radius 2 is 1.51 bits per heavy atom. The lowest BCUT2D eigenvalue weighted by Gasteiger charge is -2.12. The van der Waals surface area contributed by atoms with Crippen LogP contribution in [0.1, 0.15) is 89.9 Å². The van der Waals surface area contributed by atoms with Crippen LogP contribution in [-0.4, -0.2) is 75.4 Å². The summed E-state index contributed by atoms with van der Waals surface area (Å²) in [4.78, 5) is 85.2. The largest absolute Gasteiger partial charge is 0.491 e. The molecule has 57 heavy (non-hydrogen) atoms. The maximum atomic E-state index is 13.7. The van der Waals surface area contributed by atoms with Crippen LogP contribution < -0.4 is 26.8 Å². The summed E-state index contributed by atoms with van der Waals surface area (Å²) in [6.07, 6.45) is 5.88. The van der Waals surface area contributed by atoms with E-state index in [0.29, 0.717) is 51.7 Å². The van der Waals surface area contributed by atoms with Crippen LogP contribution >= 0.6 is 11.3 Å². The van der Waals surface area contributed by atoms with Crippen LogP contribution in [0.2, 0.25) is 0 Å². The lowest BCUT2D eigenvalue weighted by molar-refractivity contribution is -0.137. The molecule has 0 fully saturated rings. The van der Waals surface area contributed by atoms with Gasteiger partial charge in [-0.05, 0) is 44.4 Å². The Hall–Kier alpha value is -6.96. The van der Waals surface area contributed by atoms with Crippen LogP contribution in [0.3, 0.4) is 0 Å². The number of aromatic nitrogens is 7. The highest BCUT2D eigenvalue weighted by molar-refractivity contribution is 7.13. The minimum atomic E-state index is -0.991. The first-order valence-corrected chi connectivity index (χ1v) is 18.6. The molecule has 7 N–H and O–H groups in total. The van der Waals surface area contributed by atoms with Crippen molar-refractivity contribution in [3.63, 3.8) is 0 Å². The third-order valence-electron chi connectivity index (χ3n) is 8.64. The number of allylic oxidation sites excluding steroid dienone is 2. The number of fused-ring (bicyclic) bond motifs is 2. The number of rotatable bonds is 17. The van der Waals surface area contributed by atoms with E-state index in [1.807, 2.05) is 20.8 Å². The van der Waals surface area contributed by atoms with Crippen LogP contribution in [0, 0.1) is 13.8 Å². The number of carboxylic acid groups (broad SMARTS) is 1. The number of amides is 4. The number of ether oxygens (including phenoxy) is 1. The van der Waals surface area contributed by atoms with Gasteiger partial charge in [0.1, 0.15) is 21.7 Å². The highest BCUT2D eigenvalue weighted by Gasteiger charge is 2.24. The highest BCUT2D eigenvalue weighted by Crippen LogP contribution is 2.32. The minimum absolute atomic E-state index is 0.00633. The molecular weight excluding hydrogens is 759 g/mol. The molecule has 0 unspecified atom stereocenters. The summed E-state index contributed by atoms with van der Waals surface area (Å²) >= 11 is 1.25. The van der Waals surface area contributed by atoms with Gasteiger partial charge in [0, 0.05) is 38.2 Å². The fourth-order valence-corrected chi connectivity index (χ4v) is 6.93. The van der Waals surface area contributed by atoms with Gasteiger partial charge in [-0.1, -0.05) is 26.0 Å². The van der Waals surface area contributed by atoms with Crippen molar-refractivity contribution >= 4 is 75.0 Å². The molecular formula is C37H39N11O8S. The van der Waals surface area contributed by atoms with Crippen LogP contribution in [0.25, 0.3) is 22.2 Å². The number of pyridine rings is 1. The molecule has 19 nitrogen and oxygen atoms in total. The van der Waals surface area contributed by atoms with Gasteiger partial charge in [0.05, 0.1) is 34.1 Å². The molecule has 0 aliphatic rings. The van der Waals surface area contributed by atoms with Gasteiger partial charge in [0.25, 0.3) is 11.8 Å². The number of nitrogens with zero attached hydrogens (tertiary/aromatic N) is 7. The number of nitrogens with one attached hydrogen (secondary N) is 2. The van der Waals surface area contributed by atoms with Gasteiger partial charge in [-0.2, -0.15) is 0 Å². The molecule has 0 saturated carbocycles. The summed E-state index contributed by atoms with van der Waals surface area (Å²) in [5.74, 6) is -2.65. The van der Waals surface area contributed by atoms with Gasteiger partial charge in [-0.25, -0.2) is 24.9 Å². The maximum absolute atomic E-state index is 13.7. The Kier molecular flexibility index (Phi) is 11.7. The number of hydrogen-bond acceptors (Lipinski definition) is 13. The minimum Gasteiger partial charge on any atom is -0.491 e. The average Bonchev–Trinajstić information content (AvgIpc) is 3.93. The quantitative estimate of drug-likeness (QED) is 0.0641. The SMILES string of the molecule is CCc1nc(C)oc1C(=O)Nc1nc2cc(C(N)=O)cnc2n1C/C=C/Cn1c(NC(=O)c2sc(C)nc2CC)nc2cc(C(N)=O)cc(OCCCC(=O)O)c21. The van der Waals surface area contributed by atoms with Crippen molar-refractivity contribution in [1.82, 2.24) is 34.1 Å². The molecule has 296 valence electrons. The number of benzene rings is 1. The smallest absolute Gasteiger partial charge is 0.303 e. The molecule has 0 saturated heterocycles. The van der Waals surface area contributed by atoms with Crippen molar-refractivity contribution in [3.05, 3.63) is 80.6 Å². The second-order valence-corrected chi connectivity index (χ2v) is 13.9. The molecule has 0 aliphatic carbocycles. The molecule has 0 radical (unpaired) electrons. The third kappa shape index (κ3) is 8.64. The van der Waals surface area contributed by atoms with E-state index < -0.39 is 29.6 Å². The molecule has 0 atom stereocenters. The average molecular weight is 798 g/mol. The summed E-state index contributed by atoms with van der Waals surface area (Å²) in [6, 6.07) is 4.39. The van der Waals surface area contributed by atoms with Crippen molar-refractivity contribution in [2.24, 2.45) is 11.5 Å². The first-order chi connectivity index (χ1) is 27.3. The number of nitrogens with two attached hydrogens (primary N) is 2. The van der Waals surface area contributed by atoms with Crippen LogP contribution in [0.4, 0.5) is 11.9 Å². The molecule has 0 aliphatic heterocycles. The van der Waals surface area contributed by atoms with Crippen molar-refractivity contribution in [1.29, 1.82) is 0 Å². The van der Waals surface area contributed by atoms with E-state index in [1.54, 1.807) is 28.2 Å². The fraction of sp³-hybridized carbons (Fsp3) is 0.297. The molecule has 20 heteroatoms. The van der Waals surface area contributed by atoms with Gasteiger partial charge in [0.15, 0.2) is 11.5 Å². The van der Waals surface area contributed by atoms with Crippen LogP contribution in [0.5, 0.6) is 5.75 Å². The van der Waals surface area contributed by atoms with Gasteiger partial charge in [-0.15, -0.1) is 11.3 Å². The number of thiazole rings is 1. The van der Waals surface area contributed by atoms with E-state index in [2.05, 4.69) is 35.6 Å². The van der Waals surface area contributed by atoms with Crippen molar-refractivity contribution in [3.8, 4) is 5.75 Å². The molecule has 6 aromatic rings. The van der Waals surface area contributed by atoms with E-state index in [4.69, 9.17) is 25.7 Å². The highest BCUT2D eigenvalue weighted by atomic mass is 32.1. The molecule has 6 rings (SSSR count). The zero-order chi connectivity index (χ0) is 41.0. The number of primary amides is 2. The van der Waals surface area contributed by atoms with Crippen LogP contribution in [-0.2, 0) is 30.7 Å². The van der Waals surface area contributed by atoms with E-state index in [9.17, 15) is 24.0 Å². The lowest BCUT2D eigenvalue weighted by Crippen LogP contribution is -2.17. The Morgan fingerprint density at radius 3 is 2.19 bits per heavy atom. The third-order valence-corrected chi connectivity index (χ3v) is 9.65. The molecule has 5 aromatic heterocycles. The van der Waals surface area contributed by atoms with Gasteiger partial charge < -0.3 is 30.3 Å². The Labute approximate surface area is 328 Å². The second kappa shape index (κ2) is 16.8. The normalized spacial score (nSPS) is 11.4. The summed E-state index contributed by atoms with van der Waals surface area (Å²) in [5, 5.41) is 15.5. The number of imidazole rings is 2. The van der Waals surface area contributed by atoms with Gasteiger partial charge in [-0.3, -0.25) is 39.2 Å². The number of aryl methyl sites for hydroxylation is 4. The Balaban J connectivity index is 1.38. The van der Waals surface area contributed by atoms with Crippen LogP contribution in [0.15, 0.2) is 41.0 Å². The predicted octanol–water partition coefficient (Wildman–Crippen LogP) is 4.17. The number of anilines is 2. The maximum Gasteiger partial charge on any atom is 0.303 e. The predicted molar refractivity (Wildman–Crippen MR) is 209 cm³/mol. The molecule has 5 heterocycles. The van der Waals surface area contributed by atoms with E-state index >= 15 is 0 Å². The molecule has 4 amide bonds. The van der Waals surface area contributed by atoms with Crippen molar-refractivity contribution in [2.75, 3.05) is 17.2 Å². The van der Waals surface area contributed by atoms with E-state index in [1.165, 1.54) is 35.7 Å². The summed E-state index contributed by atoms with van der Waals surface area (Å²) < 4.78 is 14.9. The summed E-state index contributed by atoms with van der Waals surface area (Å²) in [5.41, 5.74) is 13.8. The van der Waals surface area contributed by atoms with Gasteiger partial charge >= 0.3 is 5.97 Å². The number of carbonyl (C=O) groups is 5. The summed E-state index contributed by atoms with van der Waals surface area (Å²) in [7, 11) is 0. The molecule has 1 aromatic carbocycles. The zero-order valence-corrected chi connectivity index (χ0v) is 32.2. The van der Waals surface area contributed by atoms with E-state index in [0.717, 1.165) is 5.01 Å². The van der Waals surface area contributed by atoms with Crippen molar-refractivity contribution in [2.45, 2.75) is 66.5 Å². The lowest BCUT2D eigenvalue weighted by atomic mass is 10.1. The van der Waals surface area contributed by atoms with E-state index in [-0.39, 0.29) is 72.6 Å². The fourth-order valence-electron chi connectivity index (χ4n) is 6.03. The number of hydrogen-bond donors (Lipinski definition) is 5. The van der Waals surface area contributed by atoms with Crippen molar-refractivity contribution < 1.29 is 38.2 Å². The monoisotopic (exact) mass is 797 g/mol. The number of carboxylic acids is 1. The van der Waals surface area contributed by atoms with Gasteiger partial charge in [0.2, 0.25) is 29.5 Å². The number of aliphatic carboxylic acids is 1. The zero-order valence-electron chi connectivity index (χ0n) is 31.4. The Morgan fingerprint density at radius 1 is 0.860 bits per heavy atom. The molecule has 0 bridgehead atoms. The number of oxazole rings is 1.